The van der Waals surface area contributed by atoms with E-state index in [4.69, 9.17) is 5.73 Å². The molecule has 5 nitrogen and oxygen atoms in total. The van der Waals surface area contributed by atoms with Gasteiger partial charge in [0.25, 0.3) is 0 Å². The zero-order chi connectivity index (χ0) is 11.9. The second-order valence-corrected chi connectivity index (χ2v) is 5.79. The molecule has 1 atom stereocenters. The highest BCUT2D eigenvalue weighted by Crippen LogP contribution is 2.01. The van der Waals surface area contributed by atoms with Crippen LogP contribution in [0.5, 0.6) is 0 Å². The van der Waals surface area contributed by atoms with Gasteiger partial charge in [-0.15, -0.1) is 0 Å². The summed E-state index contributed by atoms with van der Waals surface area (Å²) in [5.74, 6) is -0.0873. The third kappa shape index (κ3) is 7.33. The number of rotatable bonds is 7. The molecule has 0 saturated carbocycles. The van der Waals surface area contributed by atoms with Crippen LogP contribution in [-0.4, -0.2) is 38.9 Å². The van der Waals surface area contributed by atoms with Gasteiger partial charge < -0.3 is 11.1 Å². The quantitative estimate of drug-likeness (QED) is 0.633. The molecular weight excluding hydrogens is 216 g/mol. The Balaban J connectivity index is 3.90. The highest BCUT2D eigenvalue weighted by atomic mass is 32.2. The molecule has 0 fully saturated rings. The van der Waals surface area contributed by atoms with Gasteiger partial charge in [-0.25, -0.2) is 8.42 Å². The molecule has 0 aliphatic rings. The Hall–Kier alpha value is -0.620. The van der Waals surface area contributed by atoms with E-state index in [1.807, 2.05) is 6.92 Å². The average Bonchev–Trinajstić information content (AvgIpc) is 2.16. The van der Waals surface area contributed by atoms with Crippen LogP contribution in [0, 0.1) is 0 Å². The number of nitrogens with one attached hydrogen (secondary N) is 1. The summed E-state index contributed by atoms with van der Waals surface area (Å²) in [5.41, 5.74) is 5.56. The average molecular weight is 236 g/mol. The van der Waals surface area contributed by atoms with Crippen LogP contribution < -0.4 is 11.1 Å². The van der Waals surface area contributed by atoms with Crippen molar-refractivity contribution in [2.75, 3.05) is 18.6 Å². The Morgan fingerprint density at radius 1 is 1.47 bits per heavy atom. The van der Waals surface area contributed by atoms with Crippen LogP contribution in [-0.2, 0) is 14.6 Å². The first-order valence-electron chi connectivity index (χ1n) is 5.08. The molecule has 0 aromatic heterocycles. The predicted molar refractivity (Wildman–Crippen MR) is 60.2 cm³/mol. The van der Waals surface area contributed by atoms with Gasteiger partial charge in [0, 0.05) is 19.5 Å². The van der Waals surface area contributed by atoms with Gasteiger partial charge in [-0.2, -0.15) is 0 Å². The summed E-state index contributed by atoms with van der Waals surface area (Å²) in [7, 11) is -1.57. The second kappa shape index (κ2) is 6.79. The van der Waals surface area contributed by atoms with Crippen LogP contribution in [0.1, 0.15) is 26.2 Å². The van der Waals surface area contributed by atoms with E-state index in [0.29, 0.717) is 12.8 Å². The van der Waals surface area contributed by atoms with E-state index in [-0.39, 0.29) is 29.9 Å². The Kier molecular flexibility index (Phi) is 6.51. The van der Waals surface area contributed by atoms with Crippen LogP contribution >= 0.6 is 0 Å². The van der Waals surface area contributed by atoms with Crippen molar-refractivity contribution in [2.24, 2.45) is 5.73 Å². The van der Waals surface area contributed by atoms with Gasteiger partial charge in [0.2, 0.25) is 5.91 Å². The molecule has 15 heavy (non-hydrogen) atoms. The molecule has 0 aliphatic carbocycles. The van der Waals surface area contributed by atoms with Crippen molar-refractivity contribution in [3.8, 4) is 0 Å². The minimum absolute atomic E-state index is 0.0112. The van der Waals surface area contributed by atoms with E-state index in [0.717, 1.165) is 0 Å². The molecule has 0 rings (SSSR count). The molecule has 0 saturated heterocycles. The second-order valence-electron chi connectivity index (χ2n) is 3.56. The fourth-order valence-corrected chi connectivity index (χ4v) is 2.74. The lowest BCUT2D eigenvalue weighted by molar-refractivity contribution is -0.120. The van der Waals surface area contributed by atoms with E-state index in [9.17, 15) is 13.2 Å². The first-order valence-corrected chi connectivity index (χ1v) is 6.90. The molecule has 0 radical (unpaired) electrons. The highest BCUT2D eigenvalue weighted by Gasteiger charge is 2.15. The zero-order valence-electron chi connectivity index (χ0n) is 9.32. The summed E-state index contributed by atoms with van der Waals surface area (Å²) in [6.07, 6.45) is 1.25. The Bertz CT molecular complexity index is 288. The van der Waals surface area contributed by atoms with Crippen molar-refractivity contribution in [3.05, 3.63) is 0 Å². The zero-order valence-corrected chi connectivity index (χ0v) is 10.1. The largest absolute Gasteiger partial charge is 0.359 e. The fourth-order valence-electron chi connectivity index (χ4n) is 1.10. The molecule has 6 heteroatoms. The van der Waals surface area contributed by atoms with E-state index in [1.54, 1.807) is 0 Å². The van der Waals surface area contributed by atoms with Gasteiger partial charge in [0.05, 0.1) is 11.5 Å². The Labute approximate surface area is 91.3 Å². The van der Waals surface area contributed by atoms with E-state index in [1.165, 1.54) is 7.05 Å². The minimum atomic E-state index is -3.10. The summed E-state index contributed by atoms with van der Waals surface area (Å²) < 4.78 is 22.9. The molecule has 1 unspecified atom stereocenters. The molecule has 0 aromatic rings. The van der Waals surface area contributed by atoms with Crippen molar-refractivity contribution < 1.29 is 13.2 Å². The Morgan fingerprint density at radius 3 is 2.53 bits per heavy atom. The third-order valence-corrected chi connectivity index (χ3v) is 3.98. The van der Waals surface area contributed by atoms with E-state index < -0.39 is 9.84 Å². The molecule has 0 spiro atoms. The number of carbonyl (C=O) groups excluding carboxylic acids is 1. The van der Waals surface area contributed by atoms with Crippen molar-refractivity contribution >= 4 is 15.7 Å². The first-order chi connectivity index (χ1) is 6.91. The normalized spacial score (nSPS) is 13.5. The van der Waals surface area contributed by atoms with Crippen molar-refractivity contribution in [3.63, 3.8) is 0 Å². The molecule has 1 amide bonds. The lowest BCUT2D eigenvalue weighted by Gasteiger charge is -2.09. The first kappa shape index (κ1) is 14.4. The number of hydrogen-bond acceptors (Lipinski definition) is 4. The third-order valence-electron chi connectivity index (χ3n) is 2.13. The maximum atomic E-state index is 11.5. The topological polar surface area (TPSA) is 89.3 Å². The summed E-state index contributed by atoms with van der Waals surface area (Å²) in [6.45, 7) is 1.85. The monoisotopic (exact) mass is 236 g/mol. The van der Waals surface area contributed by atoms with Crippen molar-refractivity contribution in [1.82, 2.24) is 5.32 Å². The maximum absolute atomic E-state index is 11.5. The van der Waals surface area contributed by atoms with Gasteiger partial charge in [0.1, 0.15) is 0 Å². The fraction of sp³-hybridized carbons (Fsp3) is 0.889. The summed E-state index contributed by atoms with van der Waals surface area (Å²) in [6, 6.07) is -0.296. The Morgan fingerprint density at radius 2 is 2.07 bits per heavy atom. The molecule has 3 N–H and O–H groups in total. The minimum Gasteiger partial charge on any atom is -0.359 e. The van der Waals surface area contributed by atoms with E-state index in [2.05, 4.69) is 5.32 Å². The summed E-state index contributed by atoms with van der Waals surface area (Å²) in [4.78, 5) is 10.8. The summed E-state index contributed by atoms with van der Waals surface area (Å²) in [5, 5.41) is 2.44. The number of nitrogens with two attached hydrogens (primary N) is 1. The number of hydrogen-bond donors (Lipinski definition) is 2. The molecule has 0 heterocycles. The van der Waals surface area contributed by atoms with Crippen molar-refractivity contribution in [1.29, 1.82) is 0 Å². The van der Waals surface area contributed by atoms with Crippen LogP contribution in [0.2, 0.25) is 0 Å². The number of sulfone groups is 1. The van der Waals surface area contributed by atoms with Gasteiger partial charge in [-0.1, -0.05) is 6.92 Å². The predicted octanol–water partition coefficient (Wildman–Crippen LogP) is -0.335. The van der Waals surface area contributed by atoms with Gasteiger partial charge in [0.15, 0.2) is 9.84 Å². The SMILES string of the molecule is CCC(N)CS(=O)(=O)CCCC(=O)NC. The molecule has 0 bridgehead atoms. The molecular formula is C9H20N2O3S. The summed E-state index contributed by atoms with van der Waals surface area (Å²) >= 11 is 0. The number of amides is 1. The van der Waals surface area contributed by atoms with Gasteiger partial charge >= 0.3 is 0 Å². The van der Waals surface area contributed by atoms with Crippen LogP contribution in [0.3, 0.4) is 0 Å². The van der Waals surface area contributed by atoms with Gasteiger partial charge in [-0.05, 0) is 12.8 Å². The molecule has 0 aromatic carbocycles. The lowest BCUT2D eigenvalue weighted by Crippen LogP contribution is -2.30. The molecule has 0 aliphatic heterocycles. The van der Waals surface area contributed by atoms with Crippen molar-refractivity contribution in [2.45, 2.75) is 32.2 Å². The number of carbonyl (C=O) groups is 1. The smallest absolute Gasteiger partial charge is 0.219 e. The highest BCUT2D eigenvalue weighted by molar-refractivity contribution is 7.91. The molecule has 90 valence electrons. The van der Waals surface area contributed by atoms with Crippen LogP contribution in [0.15, 0.2) is 0 Å². The van der Waals surface area contributed by atoms with Crippen LogP contribution in [0.25, 0.3) is 0 Å². The lowest BCUT2D eigenvalue weighted by atomic mass is 10.3. The van der Waals surface area contributed by atoms with E-state index >= 15 is 0 Å². The standard InChI is InChI=1S/C9H20N2O3S/c1-3-8(10)7-15(13,14)6-4-5-9(12)11-2/h8H,3-7,10H2,1-2H3,(H,11,12). The maximum Gasteiger partial charge on any atom is 0.219 e. The van der Waals surface area contributed by atoms with Gasteiger partial charge in [-0.3, -0.25) is 4.79 Å². The van der Waals surface area contributed by atoms with Crippen LogP contribution in [0.4, 0.5) is 0 Å².